The van der Waals surface area contributed by atoms with Crippen molar-refractivity contribution in [1.29, 1.82) is 0 Å². The van der Waals surface area contributed by atoms with Crippen LogP contribution in [0.15, 0.2) is 48.0 Å². The van der Waals surface area contributed by atoms with Gasteiger partial charge in [-0.05, 0) is 66.1 Å². The molecule has 0 amide bonds. The van der Waals surface area contributed by atoms with E-state index in [4.69, 9.17) is 16.7 Å². The Labute approximate surface area is 168 Å². The zero-order valence-corrected chi connectivity index (χ0v) is 16.5. The lowest BCUT2D eigenvalue weighted by Crippen LogP contribution is -2.10. The van der Waals surface area contributed by atoms with Gasteiger partial charge < -0.3 is 5.11 Å². The molecule has 0 radical (unpaired) electrons. The van der Waals surface area contributed by atoms with Gasteiger partial charge in [0.1, 0.15) is 0 Å². The third-order valence-electron chi connectivity index (χ3n) is 5.26. The fourth-order valence-electron chi connectivity index (χ4n) is 3.79. The predicted molar refractivity (Wildman–Crippen MR) is 108 cm³/mol. The molecule has 5 heteroatoms. The number of rotatable bonds is 7. The number of hydrogen-bond donors (Lipinski definition) is 1. The average Bonchev–Trinajstić information content (AvgIpc) is 2.94. The van der Waals surface area contributed by atoms with Gasteiger partial charge in [0, 0.05) is 24.3 Å². The molecule has 28 heavy (non-hydrogen) atoms. The number of carboxylic acids is 1. The minimum atomic E-state index is -2.69. The summed E-state index contributed by atoms with van der Waals surface area (Å²) in [5, 5.41) is 9.40. The number of aliphatic carboxylic acids is 1. The van der Waals surface area contributed by atoms with Crippen molar-refractivity contribution >= 4 is 23.1 Å². The van der Waals surface area contributed by atoms with Gasteiger partial charge in [0.25, 0.3) is 5.92 Å². The summed E-state index contributed by atoms with van der Waals surface area (Å²) in [4.78, 5) is 10.7. The third kappa shape index (κ3) is 5.20. The fourth-order valence-corrected chi connectivity index (χ4v) is 3.92. The SMILES string of the molecule is Cc1cc(CCC(=O)O)ccc1CCC1=C(c2ccc(Cl)cc2)CC(F)(F)C1. The Morgan fingerprint density at radius 3 is 2.43 bits per heavy atom. The Kier molecular flexibility index (Phi) is 6.19. The molecule has 0 bridgehead atoms. The van der Waals surface area contributed by atoms with Gasteiger partial charge in [0.2, 0.25) is 0 Å². The maximum absolute atomic E-state index is 14.1. The van der Waals surface area contributed by atoms with Gasteiger partial charge in [-0.1, -0.05) is 47.5 Å². The van der Waals surface area contributed by atoms with Crippen molar-refractivity contribution in [3.05, 3.63) is 75.3 Å². The van der Waals surface area contributed by atoms with Crippen LogP contribution < -0.4 is 0 Å². The number of benzene rings is 2. The summed E-state index contributed by atoms with van der Waals surface area (Å²) in [7, 11) is 0. The molecule has 0 saturated carbocycles. The molecule has 0 aliphatic heterocycles. The molecule has 2 aromatic rings. The van der Waals surface area contributed by atoms with E-state index in [0.717, 1.165) is 33.4 Å². The Balaban J connectivity index is 1.75. The van der Waals surface area contributed by atoms with E-state index in [1.54, 1.807) is 12.1 Å². The Morgan fingerprint density at radius 2 is 1.79 bits per heavy atom. The average molecular weight is 405 g/mol. The summed E-state index contributed by atoms with van der Waals surface area (Å²) in [5.41, 5.74) is 5.52. The Hall–Kier alpha value is -2.20. The highest BCUT2D eigenvalue weighted by Crippen LogP contribution is 2.45. The first-order chi connectivity index (χ1) is 13.2. The van der Waals surface area contributed by atoms with E-state index in [0.29, 0.717) is 24.3 Å². The smallest absolute Gasteiger partial charge is 0.303 e. The molecule has 1 aliphatic rings. The Bertz CT molecular complexity index is 901. The van der Waals surface area contributed by atoms with Crippen LogP contribution in [-0.2, 0) is 17.6 Å². The minimum absolute atomic E-state index is 0.102. The van der Waals surface area contributed by atoms with Crippen molar-refractivity contribution in [1.82, 2.24) is 0 Å². The second-order valence-corrected chi connectivity index (χ2v) is 7.89. The molecular weight excluding hydrogens is 382 g/mol. The molecule has 1 aliphatic carbocycles. The molecule has 0 fully saturated rings. The van der Waals surface area contributed by atoms with Crippen LogP contribution in [0.25, 0.3) is 5.57 Å². The second-order valence-electron chi connectivity index (χ2n) is 7.45. The second kappa shape index (κ2) is 8.44. The highest BCUT2D eigenvalue weighted by molar-refractivity contribution is 6.30. The minimum Gasteiger partial charge on any atom is -0.481 e. The van der Waals surface area contributed by atoms with Crippen LogP contribution in [-0.4, -0.2) is 17.0 Å². The first-order valence-electron chi connectivity index (χ1n) is 9.38. The summed E-state index contributed by atoms with van der Waals surface area (Å²) in [6, 6.07) is 13.0. The molecular formula is C23H23ClF2O2. The lowest BCUT2D eigenvalue weighted by atomic mass is 9.94. The fraction of sp³-hybridized carbons (Fsp3) is 0.348. The highest BCUT2D eigenvalue weighted by Gasteiger charge is 2.39. The largest absolute Gasteiger partial charge is 0.481 e. The molecule has 0 unspecified atom stereocenters. The van der Waals surface area contributed by atoms with E-state index in [9.17, 15) is 13.6 Å². The number of carbonyl (C=O) groups is 1. The van der Waals surface area contributed by atoms with Crippen LogP contribution >= 0.6 is 11.6 Å². The van der Waals surface area contributed by atoms with Gasteiger partial charge in [-0.15, -0.1) is 0 Å². The lowest BCUT2D eigenvalue weighted by Gasteiger charge is -2.11. The normalized spacial score (nSPS) is 15.9. The van der Waals surface area contributed by atoms with Crippen LogP contribution in [0.4, 0.5) is 8.78 Å². The molecule has 2 aromatic carbocycles. The van der Waals surface area contributed by atoms with Gasteiger partial charge in [0.05, 0.1) is 0 Å². The van der Waals surface area contributed by atoms with Crippen molar-refractivity contribution in [2.24, 2.45) is 0 Å². The first kappa shape index (κ1) is 20.5. The molecule has 148 valence electrons. The zero-order chi connectivity index (χ0) is 20.3. The molecule has 1 N–H and O–H groups in total. The quantitative estimate of drug-likeness (QED) is 0.573. The van der Waals surface area contributed by atoms with Crippen LogP contribution in [0.5, 0.6) is 0 Å². The van der Waals surface area contributed by atoms with E-state index >= 15 is 0 Å². The van der Waals surface area contributed by atoms with Gasteiger partial charge in [-0.25, -0.2) is 8.78 Å². The van der Waals surface area contributed by atoms with Gasteiger partial charge in [0.15, 0.2) is 0 Å². The zero-order valence-electron chi connectivity index (χ0n) is 15.8. The van der Waals surface area contributed by atoms with E-state index in [-0.39, 0.29) is 19.3 Å². The number of halogens is 3. The molecule has 2 nitrogen and oxygen atoms in total. The number of hydrogen-bond acceptors (Lipinski definition) is 1. The lowest BCUT2D eigenvalue weighted by molar-refractivity contribution is -0.136. The summed E-state index contributed by atoms with van der Waals surface area (Å²) >= 11 is 5.93. The van der Waals surface area contributed by atoms with Crippen LogP contribution in [0, 0.1) is 6.92 Å². The topological polar surface area (TPSA) is 37.3 Å². The maximum Gasteiger partial charge on any atom is 0.303 e. The summed E-state index contributed by atoms with van der Waals surface area (Å²) in [6.07, 6.45) is 1.45. The summed E-state index contributed by atoms with van der Waals surface area (Å²) in [5.74, 6) is -3.51. The van der Waals surface area contributed by atoms with Crippen molar-refractivity contribution in [2.75, 3.05) is 0 Å². The molecule has 0 saturated heterocycles. The molecule has 0 aromatic heterocycles. The number of allylic oxidation sites excluding steroid dienone is 2. The van der Waals surface area contributed by atoms with E-state index < -0.39 is 11.9 Å². The first-order valence-corrected chi connectivity index (χ1v) is 9.76. The third-order valence-corrected chi connectivity index (χ3v) is 5.51. The summed E-state index contributed by atoms with van der Waals surface area (Å²) in [6.45, 7) is 1.98. The van der Waals surface area contributed by atoms with E-state index in [1.807, 2.05) is 37.3 Å². The maximum atomic E-state index is 14.1. The van der Waals surface area contributed by atoms with E-state index in [2.05, 4.69) is 0 Å². The Morgan fingerprint density at radius 1 is 1.07 bits per heavy atom. The van der Waals surface area contributed by atoms with Gasteiger partial charge >= 0.3 is 5.97 Å². The van der Waals surface area contributed by atoms with Gasteiger partial charge in [-0.3, -0.25) is 4.79 Å². The number of alkyl halides is 2. The monoisotopic (exact) mass is 404 g/mol. The molecule has 0 heterocycles. The van der Waals surface area contributed by atoms with Crippen molar-refractivity contribution in [2.45, 2.75) is 51.4 Å². The van der Waals surface area contributed by atoms with E-state index in [1.165, 1.54) is 0 Å². The van der Waals surface area contributed by atoms with Crippen molar-refractivity contribution in [3.63, 3.8) is 0 Å². The number of carboxylic acid groups (broad SMARTS) is 1. The molecule has 0 atom stereocenters. The predicted octanol–water partition coefficient (Wildman–Crippen LogP) is 6.48. The highest BCUT2D eigenvalue weighted by atomic mass is 35.5. The van der Waals surface area contributed by atoms with Crippen LogP contribution in [0.2, 0.25) is 5.02 Å². The molecule has 0 spiro atoms. The van der Waals surface area contributed by atoms with Crippen molar-refractivity contribution in [3.8, 4) is 0 Å². The standard InChI is InChI=1S/C23H23ClF2O2/c1-15-12-16(3-11-22(27)28)2-4-17(15)5-6-19-13-23(25,26)14-21(19)18-7-9-20(24)10-8-18/h2,4,7-10,12H,3,5-6,11,13-14H2,1H3,(H,27,28). The summed E-state index contributed by atoms with van der Waals surface area (Å²) < 4.78 is 28.2. The van der Waals surface area contributed by atoms with Crippen molar-refractivity contribution < 1.29 is 18.7 Å². The van der Waals surface area contributed by atoms with Crippen LogP contribution in [0.3, 0.4) is 0 Å². The molecule has 3 rings (SSSR count). The van der Waals surface area contributed by atoms with Gasteiger partial charge in [-0.2, -0.15) is 0 Å². The van der Waals surface area contributed by atoms with Crippen LogP contribution in [0.1, 0.15) is 47.9 Å². The number of aryl methyl sites for hydroxylation is 3.